The number of rotatable bonds is 6. The molecule has 0 unspecified atom stereocenters. The fourth-order valence-electron chi connectivity index (χ4n) is 3.62. The summed E-state index contributed by atoms with van der Waals surface area (Å²) in [5, 5.41) is 42.3. The van der Waals surface area contributed by atoms with Crippen LogP contribution in [0.5, 0.6) is 11.5 Å². The molecule has 0 spiro atoms. The molecule has 34 heavy (non-hydrogen) atoms. The van der Waals surface area contributed by atoms with Gasteiger partial charge in [-0.05, 0) is 12.1 Å². The van der Waals surface area contributed by atoms with E-state index in [-0.39, 0.29) is 22.9 Å². The molecule has 2 aromatic rings. The van der Waals surface area contributed by atoms with Gasteiger partial charge in [-0.3, -0.25) is 30.0 Å². The van der Waals surface area contributed by atoms with Crippen molar-refractivity contribution in [1.29, 1.82) is 0 Å². The molecule has 1 aliphatic rings. The largest absolute Gasteiger partial charge is 0.508 e. The summed E-state index contributed by atoms with van der Waals surface area (Å²) in [6.45, 7) is 4.42. The van der Waals surface area contributed by atoms with Crippen molar-refractivity contribution in [1.82, 2.24) is 9.80 Å². The van der Waals surface area contributed by atoms with Gasteiger partial charge in [-0.25, -0.2) is 0 Å². The van der Waals surface area contributed by atoms with Crippen LogP contribution in [-0.2, 0) is 22.6 Å². The molecule has 0 aliphatic carbocycles. The molecule has 3 rings (SSSR count). The summed E-state index contributed by atoms with van der Waals surface area (Å²) in [7, 11) is 0. The minimum absolute atomic E-state index is 0.00130. The first-order valence-corrected chi connectivity index (χ1v) is 10.9. The minimum atomic E-state index is -0.495. The molecule has 1 saturated heterocycles. The fraction of sp³-hybridized carbons (Fsp3) is 0.455. The van der Waals surface area contributed by atoms with Crippen molar-refractivity contribution in [3.63, 3.8) is 0 Å². The molecule has 1 fully saturated rings. The van der Waals surface area contributed by atoms with Crippen LogP contribution in [-0.4, -0.2) is 82.5 Å². The second-order valence-electron chi connectivity index (χ2n) is 7.92. The molecule has 0 radical (unpaired) electrons. The second-order valence-corrected chi connectivity index (χ2v) is 7.92. The number of hydrogen-bond acceptors (Lipinski definition) is 10. The van der Waals surface area contributed by atoms with Crippen LogP contribution >= 0.6 is 0 Å². The summed E-state index contributed by atoms with van der Waals surface area (Å²) in [4.78, 5) is 25.1. The van der Waals surface area contributed by atoms with Crippen molar-refractivity contribution >= 4 is 11.4 Å². The number of nitro benzene ring substituents is 2. The molecule has 2 aromatic carbocycles. The number of phenolic OH excluding ortho intramolecular Hbond substituents is 2. The summed E-state index contributed by atoms with van der Waals surface area (Å²) in [6.07, 6.45) is 0. The lowest BCUT2D eigenvalue weighted by atomic mass is 10.1. The number of benzene rings is 2. The van der Waals surface area contributed by atoms with Crippen LogP contribution in [0.15, 0.2) is 36.4 Å². The number of phenols is 2. The van der Waals surface area contributed by atoms with E-state index in [9.17, 15) is 30.4 Å². The zero-order valence-electron chi connectivity index (χ0n) is 18.7. The molecule has 0 aromatic heterocycles. The van der Waals surface area contributed by atoms with E-state index in [0.29, 0.717) is 76.8 Å². The number of nitro groups is 2. The summed E-state index contributed by atoms with van der Waals surface area (Å²) in [6, 6.07) is 7.92. The van der Waals surface area contributed by atoms with Gasteiger partial charge in [0.2, 0.25) is 0 Å². The van der Waals surface area contributed by atoms with Crippen molar-refractivity contribution in [3.8, 4) is 11.5 Å². The summed E-state index contributed by atoms with van der Waals surface area (Å²) < 4.78 is 11.5. The normalized spacial score (nSPS) is 16.9. The smallest absolute Gasteiger partial charge is 0.270 e. The van der Waals surface area contributed by atoms with E-state index in [1.165, 1.54) is 36.4 Å². The topological polar surface area (TPSA) is 152 Å². The van der Waals surface area contributed by atoms with Gasteiger partial charge in [0, 0.05) is 74.7 Å². The quantitative estimate of drug-likeness (QED) is 0.469. The molecule has 1 heterocycles. The summed E-state index contributed by atoms with van der Waals surface area (Å²) in [5.41, 5.74) is 0.766. The first kappa shape index (κ1) is 25.3. The van der Waals surface area contributed by atoms with Crippen molar-refractivity contribution in [2.75, 3.05) is 52.6 Å². The average Bonchev–Trinajstić information content (AvgIpc) is 2.79. The van der Waals surface area contributed by atoms with Crippen LogP contribution < -0.4 is 0 Å². The highest BCUT2D eigenvalue weighted by Crippen LogP contribution is 2.25. The Balaban J connectivity index is 1.57. The van der Waals surface area contributed by atoms with Gasteiger partial charge in [0.1, 0.15) is 11.5 Å². The molecule has 0 amide bonds. The number of ether oxygens (including phenoxy) is 2. The Morgan fingerprint density at radius 1 is 0.706 bits per heavy atom. The number of hydrogen-bond donors (Lipinski definition) is 2. The Hall–Kier alpha value is -3.32. The van der Waals surface area contributed by atoms with Crippen molar-refractivity contribution in [3.05, 3.63) is 67.8 Å². The van der Waals surface area contributed by atoms with Crippen LogP contribution in [0.1, 0.15) is 11.1 Å². The predicted octanol–water partition coefficient (Wildman–Crippen LogP) is 2.27. The minimum Gasteiger partial charge on any atom is -0.508 e. The van der Waals surface area contributed by atoms with E-state index in [4.69, 9.17) is 9.47 Å². The van der Waals surface area contributed by atoms with Gasteiger partial charge in [-0.1, -0.05) is 0 Å². The third-order valence-corrected chi connectivity index (χ3v) is 5.54. The van der Waals surface area contributed by atoms with Gasteiger partial charge >= 0.3 is 0 Å². The zero-order valence-corrected chi connectivity index (χ0v) is 18.7. The Morgan fingerprint density at radius 3 is 1.38 bits per heavy atom. The lowest BCUT2D eigenvalue weighted by molar-refractivity contribution is -0.385. The standard InChI is InChI=1S/C22H28N4O8/c27-21-3-1-19(25(29)30)13-17(21)15-23-5-9-33-11-7-24(8-12-34-10-6-23)16-18-14-20(26(31)32)2-4-22(18)28/h1-4,13-14,27-28H,5-12,15-16H2. The Bertz CT molecular complexity index is 911. The van der Waals surface area contributed by atoms with E-state index in [2.05, 4.69) is 0 Å². The summed E-state index contributed by atoms with van der Waals surface area (Å²) >= 11 is 0. The van der Waals surface area contributed by atoms with Crippen molar-refractivity contribution in [2.24, 2.45) is 0 Å². The van der Waals surface area contributed by atoms with Crippen molar-refractivity contribution < 1.29 is 29.5 Å². The van der Waals surface area contributed by atoms with Gasteiger partial charge in [-0.15, -0.1) is 0 Å². The first-order chi connectivity index (χ1) is 16.3. The highest BCUT2D eigenvalue weighted by Gasteiger charge is 2.17. The van der Waals surface area contributed by atoms with Gasteiger partial charge < -0.3 is 19.7 Å². The van der Waals surface area contributed by atoms with Gasteiger partial charge in [0.25, 0.3) is 11.4 Å². The molecular weight excluding hydrogens is 448 g/mol. The van der Waals surface area contributed by atoms with E-state index in [1.54, 1.807) is 0 Å². The van der Waals surface area contributed by atoms with E-state index < -0.39 is 9.85 Å². The van der Waals surface area contributed by atoms with Crippen molar-refractivity contribution in [2.45, 2.75) is 13.1 Å². The lowest BCUT2D eigenvalue weighted by Crippen LogP contribution is -2.35. The maximum atomic E-state index is 11.0. The molecule has 2 N–H and O–H groups in total. The van der Waals surface area contributed by atoms with Gasteiger partial charge in [0.15, 0.2) is 0 Å². The maximum absolute atomic E-state index is 11.0. The molecule has 0 bridgehead atoms. The summed E-state index contributed by atoms with van der Waals surface area (Å²) in [5.74, 6) is -0.00260. The third-order valence-electron chi connectivity index (χ3n) is 5.54. The first-order valence-electron chi connectivity index (χ1n) is 10.9. The van der Waals surface area contributed by atoms with Gasteiger partial charge in [0.05, 0.1) is 36.3 Å². The lowest BCUT2D eigenvalue weighted by Gasteiger charge is -2.26. The van der Waals surface area contributed by atoms with Crippen LogP contribution in [0.25, 0.3) is 0 Å². The van der Waals surface area contributed by atoms with Crippen LogP contribution in [0, 0.1) is 20.2 Å². The molecular formula is C22H28N4O8. The number of nitrogens with zero attached hydrogens (tertiary/aromatic N) is 4. The molecule has 184 valence electrons. The fourth-order valence-corrected chi connectivity index (χ4v) is 3.62. The Morgan fingerprint density at radius 2 is 1.06 bits per heavy atom. The van der Waals surface area contributed by atoms with Crippen LogP contribution in [0.4, 0.5) is 11.4 Å². The van der Waals surface area contributed by atoms with E-state index >= 15 is 0 Å². The maximum Gasteiger partial charge on any atom is 0.270 e. The predicted molar refractivity (Wildman–Crippen MR) is 122 cm³/mol. The highest BCUT2D eigenvalue weighted by atomic mass is 16.6. The molecule has 12 nitrogen and oxygen atoms in total. The number of aromatic hydroxyl groups is 2. The molecule has 0 atom stereocenters. The SMILES string of the molecule is O=[N+]([O-])c1ccc(O)c(CN2CCOCCN(Cc3cc([N+](=O)[O-])ccc3O)CCOCC2)c1. The third kappa shape index (κ3) is 7.35. The zero-order chi connectivity index (χ0) is 24.5. The highest BCUT2D eigenvalue weighted by molar-refractivity contribution is 5.43. The monoisotopic (exact) mass is 476 g/mol. The Labute approximate surface area is 196 Å². The number of non-ortho nitro benzene ring substituents is 2. The average molecular weight is 476 g/mol. The second kappa shape index (κ2) is 12.2. The molecule has 0 saturated carbocycles. The molecule has 1 aliphatic heterocycles. The Kier molecular flexibility index (Phi) is 9.10. The van der Waals surface area contributed by atoms with E-state index in [0.717, 1.165) is 0 Å². The molecule has 12 heteroatoms. The van der Waals surface area contributed by atoms with Crippen LogP contribution in [0.2, 0.25) is 0 Å². The van der Waals surface area contributed by atoms with Crippen LogP contribution in [0.3, 0.4) is 0 Å². The van der Waals surface area contributed by atoms with Gasteiger partial charge in [-0.2, -0.15) is 0 Å². The van der Waals surface area contributed by atoms with E-state index in [1.807, 2.05) is 9.80 Å².